The van der Waals surface area contributed by atoms with Crippen molar-refractivity contribution in [3.05, 3.63) is 95.3 Å². The number of hydrogen-bond donors (Lipinski definition) is 0. The Morgan fingerprint density at radius 3 is 2.50 bits per heavy atom. The van der Waals surface area contributed by atoms with E-state index >= 15 is 0 Å². The zero-order valence-electron chi connectivity index (χ0n) is 18.7. The lowest BCUT2D eigenvalue weighted by molar-refractivity contribution is 0.305. The number of ether oxygens (including phenoxy) is 1. The SMILES string of the molecule is Cc1nc2ccc(Br)cc2c(=O)n1N=Cc1ccc(N(C)C)cc1OCc1ccc(Br)cc1Br. The van der Waals surface area contributed by atoms with Gasteiger partial charge in [-0.15, -0.1) is 0 Å². The molecule has 6 nitrogen and oxygen atoms in total. The van der Waals surface area contributed by atoms with E-state index in [0.29, 0.717) is 29.1 Å². The molecule has 0 radical (unpaired) electrons. The molecular weight excluding hydrogens is 628 g/mol. The molecule has 0 atom stereocenters. The molecule has 0 N–H and O–H groups in total. The third-order valence-corrected chi connectivity index (χ3v) is 6.92. The molecule has 1 aromatic heterocycles. The Morgan fingerprint density at radius 1 is 1.03 bits per heavy atom. The van der Waals surface area contributed by atoms with Crippen LogP contribution in [0.4, 0.5) is 5.69 Å². The predicted molar refractivity (Wildman–Crippen MR) is 148 cm³/mol. The lowest BCUT2D eigenvalue weighted by Crippen LogP contribution is -2.20. The zero-order chi connectivity index (χ0) is 24.4. The Labute approximate surface area is 222 Å². The number of benzene rings is 3. The molecule has 0 spiro atoms. The van der Waals surface area contributed by atoms with Gasteiger partial charge in [-0.25, -0.2) is 4.98 Å². The molecule has 0 unspecified atom stereocenters. The van der Waals surface area contributed by atoms with Crippen LogP contribution in [0.3, 0.4) is 0 Å². The Morgan fingerprint density at radius 2 is 1.76 bits per heavy atom. The number of fused-ring (bicyclic) bond motifs is 1. The number of hydrogen-bond acceptors (Lipinski definition) is 5. The molecule has 0 fully saturated rings. The average molecular weight is 649 g/mol. The number of aromatic nitrogens is 2. The standard InChI is InChI=1S/C25H21Br3N4O2/c1-15-30-23-9-7-18(26)10-21(23)25(33)32(15)29-13-16-5-8-20(31(2)3)12-24(16)34-14-17-4-6-19(27)11-22(17)28/h4-13H,14H2,1-3H3. The van der Waals surface area contributed by atoms with Gasteiger partial charge < -0.3 is 9.64 Å². The summed E-state index contributed by atoms with van der Waals surface area (Å²) < 4.78 is 10.3. The summed E-state index contributed by atoms with van der Waals surface area (Å²) in [6, 6.07) is 17.3. The van der Waals surface area contributed by atoms with Crippen molar-refractivity contribution in [3.8, 4) is 5.75 Å². The van der Waals surface area contributed by atoms with E-state index in [4.69, 9.17) is 4.74 Å². The van der Waals surface area contributed by atoms with Crippen molar-refractivity contribution in [3.63, 3.8) is 0 Å². The van der Waals surface area contributed by atoms with E-state index in [1.165, 1.54) is 4.68 Å². The summed E-state index contributed by atoms with van der Waals surface area (Å²) in [6.07, 6.45) is 1.63. The van der Waals surface area contributed by atoms with E-state index in [-0.39, 0.29) is 5.56 Å². The molecule has 0 aliphatic carbocycles. The molecule has 4 aromatic rings. The fourth-order valence-electron chi connectivity index (χ4n) is 3.34. The zero-order valence-corrected chi connectivity index (χ0v) is 23.5. The number of halogens is 3. The quantitative estimate of drug-likeness (QED) is 0.224. The lowest BCUT2D eigenvalue weighted by atomic mass is 10.2. The van der Waals surface area contributed by atoms with Gasteiger partial charge in [0.15, 0.2) is 0 Å². The maximum absolute atomic E-state index is 13.1. The first kappa shape index (κ1) is 24.6. The first-order chi connectivity index (χ1) is 16.2. The van der Waals surface area contributed by atoms with Crippen LogP contribution in [-0.2, 0) is 6.61 Å². The highest BCUT2D eigenvalue weighted by Gasteiger charge is 2.10. The van der Waals surface area contributed by atoms with E-state index in [2.05, 4.69) is 57.9 Å². The molecular formula is C25H21Br3N4O2. The smallest absolute Gasteiger partial charge is 0.282 e. The van der Waals surface area contributed by atoms with Gasteiger partial charge in [-0.1, -0.05) is 53.9 Å². The number of rotatable bonds is 6. The van der Waals surface area contributed by atoms with Gasteiger partial charge in [-0.2, -0.15) is 9.78 Å². The maximum atomic E-state index is 13.1. The van der Waals surface area contributed by atoms with E-state index in [1.54, 1.807) is 19.2 Å². The first-order valence-electron chi connectivity index (χ1n) is 10.3. The van der Waals surface area contributed by atoms with E-state index in [9.17, 15) is 4.79 Å². The molecule has 9 heteroatoms. The first-order valence-corrected chi connectivity index (χ1v) is 12.7. The molecule has 0 aliphatic rings. The van der Waals surface area contributed by atoms with Gasteiger partial charge in [0.05, 0.1) is 17.1 Å². The summed E-state index contributed by atoms with van der Waals surface area (Å²) in [5.74, 6) is 1.16. The van der Waals surface area contributed by atoms with Gasteiger partial charge in [-0.3, -0.25) is 4.79 Å². The van der Waals surface area contributed by atoms with Crippen LogP contribution in [0, 0.1) is 6.92 Å². The molecule has 174 valence electrons. The summed E-state index contributed by atoms with van der Waals surface area (Å²) in [6.45, 7) is 2.13. The largest absolute Gasteiger partial charge is 0.488 e. The van der Waals surface area contributed by atoms with Crippen LogP contribution >= 0.6 is 47.8 Å². The molecule has 4 rings (SSSR count). The van der Waals surface area contributed by atoms with Gasteiger partial charge in [0.2, 0.25) is 0 Å². The lowest BCUT2D eigenvalue weighted by Gasteiger charge is -2.16. The topological polar surface area (TPSA) is 59.7 Å². The fraction of sp³-hybridized carbons (Fsp3) is 0.160. The normalized spacial score (nSPS) is 11.4. The van der Waals surface area contributed by atoms with Gasteiger partial charge in [0.1, 0.15) is 18.2 Å². The van der Waals surface area contributed by atoms with Crippen molar-refractivity contribution in [1.29, 1.82) is 0 Å². The van der Waals surface area contributed by atoms with Crippen molar-refractivity contribution < 1.29 is 4.74 Å². The minimum Gasteiger partial charge on any atom is -0.488 e. The predicted octanol–water partition coefficient (Wildman–Crippen LogP) is 6.52. The third kappa shape index (κ3) is 5.42. The third-order valence-electron chi connectivity index (χ3n) is 5.19. The van der Waals surface area contributed by atoms with Crippen LogP contribution in [0.2, 0.25) is 0 Å². The van der Waals surface area contributed by atoms with Crippen LogP contribution < -0.4 is 15.2 Å². The summed E-state index contributed by atoms with van der Waals surface area (Å²) in [7, 11) is 3.94. The van der Waals surface area contributed by atoms with Crippen molar-refractivity contribution in [2.24, 2.45) is 5.10 Å². The van der Waals surface area contributed by atoms with Gasteiger partial charge in [-0.05, 0) is 49.4 Å². The van der Waals surface area contributed by atoms with Crippen molar-refractivity contribution in [2.75, 3.05) is 19.0 Å². The Hall–Kier alpha value is -2.49. The molecule has 0 amide bonds. The summed E-state index contributed by atoms with van der Waals surface area (Å²) in [5, 5.41) is 4.96. The fourth-order valence-corrected chi connectivity index (χ4v) is 4.87. The molecule has 0 saturated heterocycles. The molecule has 34 heavy (non-hydrogen) atoms. The molecule has 0 bridgehead atoms. The molecule has 1 heterocycles. The Balaban J connectivity index is 1.71. The van der Waals surface area contributed by atoms with Crippen molar-refractivity contribution in [1.82, 2.24) is 9.66 Å². The van der Waals surface area contributed by atoms with Crippen molar-refractivity contribution >= 4 is 70.6 Å². The second-order valence-electron chi connectivity index (χ2n) is 7.82. The van der Waals surface area contributed by atoms with E-state index in [1.807, 2.05) is 67.5 Å². The second kappa shape index (κ2) is 10.4. The minimum absolute atomic E-state index is 0.230. The van der Waals surface area contributed by atoms with Gasteiger partial charge in [0, 0.05) is 50.4 Å². The monoisotopic (exact) mass is 646 g/mol. The number of nitrogens with zero attached hydrogens (tertiary/aromatic N) is 4. The molecule has 3 aromatic carbocycles. The second-order valence-corrected chi connectivity index (χ2v) is 10.5. The number of anilines is 1. The summed E-state index contributed by atoms with van der Waals surface area (Å²) in [5.41, 5.74) is 3.16. The van der Waals surface area contributed by atoms with Crippen LogP contribution in [0.15, 0.2) is 77.9 Å². The van der Waals surface area contributed by atoms with Gasteiger partial charge in [0.25, 0.3) is 5.56 Å². The highest BCUT2D eigenvalue weighted by atomic mass is 79.9. The van der Waals surface area contributed by atoms with Crippen LogP contribution in [-0.4, -0.2) is 30.0 Å². The maximum Gasteiger partial charge on any atom is 0.282 e. The molecule has 0 saturated carbocycles. The Kier molecular flexibility index (Phi) is 7.54. The average Bonchev–Trinajstić information content (AvgIpc) is 2.79. The highest BCUT2D eigenvalue weighted by molar-refractivity contribution is 9.11. The van der Waals surface area contributed by atoms with E-state index in [0.717, 1.165) is 30.2 Å². The van der Waals surface area contributed by atoms with Crippen LogP contribution in [0.1, 0.15) is 17.0 Å². The summed E-state index contributed by atoms with van der Waals surface area (Å²) >= 11 is 10.5. The van der Waals surface area contributed by atoms with Crippen molar-refractivity contribution in [2.45, 2.75) is 13.5 Å². The number of aryl methyl sites for hydroxylation is 1. The Bertz CT molecular complexity index is 1470. The van der Waals surface area contributed by atoms with Crippen LogP contribution in [0.25, 0.3) is 10.9 Å². The minimum atomic E-state index is -0.230. The molecule has 0 aliphatic heterocycles. The highest BCUT2D eigenvalue weighted by Crippen LogP contribution is 2.27. The van der Waals surface area contributed by atoms with E-state index < -0.39 is 0 Å². The van der Waals surface area contributed by atoms with Gasteiger partial charge >= 0.3 is 0 Å². The van der Waals surface area contributed by atoms with Crippen LogP contribution in [0.5, 0.6) is 5.75 Å². The summed E-state index contributed by atoms with van der Waals surface area (Å²) in [4.78, 5) is 19.6.